The number of carboxylic acids is 1. The fraction of sp³-hybridized carbons (Fsp3) is 0.333. The number of anilines is 1. The van der Waals surface area contributed by atoms with Gasteiger partial charge in [0.05, 0.1) is 18.0 Å². The van der Waals surface area contributed by atoms with Crippen molar-refractivity contribution < 1.29 is 19.5 Å². The molecule has 0 radical (unpaired) electrons. The lowest BCUT2D eigenvalue weighted by Gasteiger charge is -2.14. The fourth-order valence-corrected chi connectivity index (χ4v) is 2.58. The van der Waals surface area contributed by atoms with Crippen LogP contribution >= 0.6 is 15.9 Å². The van der Waals surface area contributed by atoms with E-state index >= 15 is 0 Å². The number of hydrazone groups is 1. The molecule has 122 valence electrons. The molecule has 23 heavy (non-hydrogen) atoms. The summed E-state index contributed by atoms with van der Waals surface area (Å²) in [4.78, 5) is 34.7. The van der Waals surface area contributed by atoms with Crippen molar-refractivity contribution in [3.63, 3.8) is 0 Å². The first-order valence-corrected chi connectivity index (χ1v) is 7.81. The summed E-state index contributed by atoms with van der Waals surface area (Å²) in [6, 6.07) is 7.16. The molecule has 0 aromatic heterocycles. The average molecular weight is 382 g/mol. The van der Waals surface area contributed by atoms with Crippen LogP contribution in [0.1, 0.15) is 19.8 Å². The molecule has 2 N–H and O–H groups in total. The molecule has 0 bridgehead atoms. The third kappa shape index (κ3) is 4.38. The van der Waals surface area contributed by atoms with Gasteiger partial charge in [-0.1, -0.05) is 22.0 Å². The molecule has 8 heteroatoms. The van der Waals surface area contributed by atoms with Crippen molar-refractivity contribution in [2.75, 3.05) is 11.6 Å². The van der Waals surface area contributed by atoms with Crippen LogP contribution < -0.4 is 10.3 Å². The summed E-state index contributed by atoms with van der Waals surface area (Å²) in [5.41, 5.74) is 1.18. The van der Waals surface area contributed by atoms with Gasteiger partial charge in [-0.25, -0.2) is 5.01 Å². The van der Waals surface area contributed by atoms with Gasteiger partial charge < -0.3 is 10.4 Å². The first-order valence-electron chi connectivity index (χ1n) is 7.01. The number of carbonyl (C=O) groups excluding carboxylic acids is 2. The Hall–Kier alpha value is -2.22. The normalized spacial score (nSPS) is 17.1. The second-order valence-corrected chi connectivity index (χ2v) is 6.04. The van der Waals surface area contributed by atoms with Gasteiger partial charge in [0.25, 0.3) is 5.91 Å². The molecule has 0 aliphatic carbocycles. The molecule has 0 saturated carbocycles. The van der Waals surface area contributed by atoms with Crippen LogP contribution in [0, 0.1) is 5.92 Å². The highest BCUT2D eigenvalue weighted by molar-refractivity contribution is 9.10. The molecule has 7 nitrogen and oxygen atoms in total. The second kappa shape index (κ2) is 7.36. The topological polar surface area (TPSA) is 99.1 Å². The maximum Gasteiger partial charge on any atom is 0.305 e. The zero-order valence-electron chi connectivity index (χ0n) is 12.5. The fourth-order valence-electron chi connectivity index (χ4n) is 2.20. The number of amides is 2. The molecule has 1 aliphatic rings. The molecule has 2 rings (SSSR count). The van der Waals surface area contributed by atoms with Gasteiger partial charge in [0.1, 0.15) is 0 Å². The molecule has 1 atom stereocenters. The molecule has 1 unspecified atom stereocenters. The van der Waals surface area contributed by atoms with E-state index in [1.165, 1.54) is 5.01 Å². The number of carboxylic acid groups (broad SMARTS) is 1. The highest BCUT2D eigenvalue weighted by Crippen LogP contribution is 2.27. The Kier molecular flexibility index (Phi) is 5.49. The molecule has 0 saturated heterocycles. The molecule has 0 spiro atoms. The number of hydrogen-bond donors (Lipinski definition) is 2. The van der Waals surface area contributed by atoms with Crippen molar-refractivity contribution in [2.45, 2.75) is 19.8 Å². The first kappa shape index (κ1) is 17.1. The quantitative estimate of drug-likeness (QED) is 0.783. The van der Waals surface area contributed by atoms with Crippen LogP contribution in [-0.4, -0.2) is 35.1 Å². The number of rotatable bonds is 6. The van der Waals surface area contributed by atoms with Crippen LogP contribution in [0.25, 0.3) is 0 Å². The summed E-state index contributed by atoms with van der Waals surface area (Å²) in [5.74, 6) is -2.25. The number of nitrogens with zero attached hydrogens (tertiary/aromatic N) is 2. The van der Waals surface area contributed by atoms with Crippen molar-refractivity contribution in [3.8, 4) is 0 Å². The van der Waals surface area contributed by atoms with E-state index in [9.17, 15) is 14.4 Å². The predicted octanol–water partition coefficient (Wildman–Crippen LogP) is 1.77. The van der Waals surface area contributed by atoms with Gasteiger partial charge >= 0.3 is 5.97 Å². The minimum absolute atomic E-state index is 0.0423. The van der Waals surface area contributed by atoms with Crippen molar-refractivity contribution in [1.29, 1.82) is 0 Å². The summed E-state index contributed by atoms with van der Waals surface area (Å²) >= 11 is 3.34. The van der Waals surface area contributed by atoms with Crippen molar-refractivity contribution in [3.05, 3.63) is 28.7 Å². The van der Waals surface area contributed by atoms with E-state index < -0.39 is 11.9 Å². The first-order chi connectivity index (χ1) is 10.9. The minimum atomic E-state index is -0.985. The van der Waals surface area contributed by atoms with Crippen LogP contribution in [0.2, 0.25) is 0 Å². The highest BCUT2D eigenvalue weighted by Gasteiger charge is 2.35. The molecule has 1 aliphatic heterocycles. The third-order valence-corrected chi connectivity index (χ3v) is 3.87. The Labute approximate surface area is 141 Å². The lowest BCUT2D eigenvalue weighted by atomic mass is 10.00. The second-order valence-electron chi connectivity index (χ2n) is 5.12. The van der Waals surface area contributed by atoms with E-state index in [4.69, 9.17) is 5.11 Å². The summed E-state index contributed by atoms with van der Waals surface area (Å²) in [6.07, 6.45) is -0.195. The summed E-state index contributed by atoms with van der Waals surface area (Å²) in [6.45, 7) is 1.74. The molecule has 1 heterocycles. The summed E-state index contributed by atoms with van der Waals surface area (Å²) in [5, 5.41) is 16.6. The maximum absolute atomic E-state index is 12.5. The average Bonchev–Trinajstić information content (AvgIpc) is 2.75. The van der Waals surface area contributed by atoms with Crippen molar-refractivity contribution in [1.82, 2.24) is 5.32 Å². The smallest absolute Gasteiger partial charge is 0.305 e. The Morgan fingerprint density at radius 2 is 2.17 bits per heavy atom. The number of hydrogen-bond acceptors (Lipinski definition) is 4. The molecular weight excluding hydrogens is 366 g/mol. The van der Waals surface area contributed by atoms with Gasteiger partial charge in [-0.05, 0) is 25.1 Å². The molecule has 2 amide bonds. The van der Waals surface area contributed by atoms with Crippen molar-refractivity contribution >= 4 is 45.1 Å². The SMILES string of the molecule is CC1=NN(c2cccc(Br)c2)C(=O)C1CC(=O)NCCC(=O)O. The zero-order valence-corrected chi connectivity index (χ0v) is 14.0. The van der Waals surface area contributed by atoms with Crippen LogP contribution in [0.3, 0.4) is 0 Å². The minimum Gasteiger partial charge on any atom is -0.481 e. The van der Waals surface area contributed by atoms with Gasteiger partial charge in [-0.2, -0.15) is 5.10 Å². The standard InChI is InChI=1S/C15H16BrN3O4/c1-9-12(8-13(20)17-6-5-14(21)22)15(23)19(18-9)11-4-2-3-10(16)7-11/h2-4,7,12H,5-6,8H2,1H3,(H,17,20)(H,21,22). The van der Waals surface area contributed by atoms with Gasteiger partial charge in [-0.3, -0.25) is 14.4 Å². The van der Waals surface area contributed by atoms with Gasteiger partial charge in [0.15, 0.2) is 0 Å². The number of carbonyl (C=O) groups is 3. The molecule has 0 fully saturated rings. The van der Waals surface area contributed by atoms with Crippen LogP contribution in [-0.2, 0) is 14.4 Å². The lowest BCUT2D eigenvalue weighted by molar-refractivity contribution is -0.137. The Bertz CT molecular complexity index is 674. The van der Waals surface area contributed by atoms with E-state index in [0.29, 0.717) is 11.4 Å². The predicted molar refractivity (Wildman–Crippen MR) is 88.1 cm³/mol. The molecule has 1 aromatic carbocycles. The molecular formula is C15H16BrN3O4. The van der Waals surface area contributed by atoms with Gasteiger partial charge in [-0.15, -0.1) is 0 Å². The monoisotopic (exact) mass is 381 g/mol. The Balaban J connectivity index is 2.00. The number of halogens is 1. The number of aliphatic carboxylic acids is 1. The van der Waals surface area contributed by atoms with Crippen LogP contribution in [0.15, 0.2) is 33.8 Å². The van der Waals surface area contributed by atoms with E-state index in [0.717, 1.165) is 4.47 Å². The summed E-state index contributed by atoms with van der Waals surface area (Å²) < 4.78 is 0.825. The highest BCUT2D eigenvalue weighted by atomic mass is 79.9. The largest absolute Gasteiger partial charge is 0.481 e. The van der Waals surface area contributed by atoms with E-state index in [-0.39, 0.29) is 31.2 Å². The van der Waals surface area contributed by atoms with Gasteiger partial charge in [0, 0.05) is 23.1 Å². The maximum atomic E-state index is 12.5. The lowest BCUT2D eigenvalue weighted by Crippen LogP contribution is -2.33. The summed E-state index contributed by atoms with van der Waals surface area (Å²) in [7, 11) is 0. The zero-order chi connectivity index (χ0) is 17.0. The van der Waals surface area contributed by atoms with Crippen LogP contribution in [0.5, 0.6) is 0 Å². The van der Waals surface area contributed by atoms with Crippen LogP contribution in [0.4, 0.5) is 5.69 Å². The van der Waals surface area contributed by atoms with E-state index in [1.54, 1.807) is 25.1 Å². The van der Waals surface area contributed by atoms with Crippen molar-refractivity contribution in [2.24, 2.45) is 11.0 Å². The Morgan fingerprint density at radius 3 is 2.83 bits per heavy atom. The Morgan fingerprint density at radius 1 is 1.43 bits per heavy atom. The molecule has 1 aromatic rings. The van der Waals surface area contributed by atoms with E-state index in [1.807, 2.05) is 6.07 Å². The number of nitrogens with one attached hydrogen (secondary N) is 1. The van der Waals surface area contributed by atoms with E-state index in [2.05, 4.69) is 26.3 Å². The number of benzene rings is 1. The van der Waals surface area contributed by atoms with Gasteiger partial charge in [0.2, 0.25) is 5.91 Å². The third-order valence-electron chi connectivity index (χ3n) is 3.37.